The topological polar surface area (TPSA) is 71.9 Å². The van der Waals surface area contributed by atoms with Gasteiger partial charge in [-0.3, -0.25) is 0 Å². The molecule has 0 bridgehead atoms. The number of thioether (sulfide) groups is 1. The van der Waals surface area contributed by atoms with Crippen LogP contribution in [0.4, 0.5) is 0 Å². The Morgan fingerprint density at radius 3 is 2.71 bits per heavy atom. The highest BCUT2D eigenvalue weighted by molar-refractivity contribution is 7.98. The summed E-state index contributed by atoms with van der Waals surface area (Å²) in [4.78, 5) is 0. The van der Waals surface area contributed by atoms with Crippen LogP contribution in [-0.4, -0.2) is 17.3 Å². The van der Waals surface area contributed by atoms with Crippen LogP contribution in [0.1, 0.15) is 22.6 Å². The largest absolute Gasteiger partial charge is 0.497 e. The molecule has 0 fully saturated rings. The molecule has 3 aromatic rings. The Kier molecular flexibility index (Phi) is 5.14. The summed E-state index contributed by atoms with van der Waals surface area (Å²) in [7, 11) is 1.64. The van der Waals surface area contributed by atoms with E-state index >= 15 is 0 Å². The van der Waals surface area contributed by atoms with Gasteiger partial charge in [-0.1, -0.05) is 36.0 Å². The van der Waals surface area contributed by atoms with E-state index in [1.165, 1.54) is 11.8 Å². The standard InChI is InChI=1S/C18H15N3O2S/c1-22-16-7-5-13(6-8-16)10-17-20-21-18(23-17)24-12-15-4-2-3-14(9-15)11-19/h2-9H,10,12H2,1H3. The third-order valence-electron chi connectivity index (χ3n) is 3.38. The number of hydrogen-bond donors (Lipinski definition) is 0. The maximum Gasteiger partial charge on any atom is 0.276 e. The van der Waals surface area contributed by atoms with Gasteiger partial charge in [0.15, 0.2) is 0 Å². The molecule has 0 aliphatic rings. The van der Waals surface area contributed by atoms with Gasteiger partial charge in [0.2, 0.25) is 5.89 Å². The van der Waals surface area contributed by atoms with E-state index in [-0.39, 0.29) is 0 Å². The lowest BCUT2D eigenvalue weighted by Gasteiger charge is -2.00. The summed E-state index contributed by atoms with van der Waals surface area (Å²) in [6.07, 6.45) is 0.585. The monoisotopic (exact) mass is 337 g/mol. The van der Waals surface area contributed by atoms with E-state index in [2.05, 4.69) is 16.3 Å². The van der Waals surface area contributed by atoms with Gasteiger partial charge < -0.3 is 9.15 Å². The van der Waals surface area contributed by atoms with Crippen molar-refractivity contribution >= 4 is 11.8 Å². The second-order valence-corrected chi connectivity index (χ2v) is 6.01. The molecule has 0 aliphatic heterocycles. The molecule has 1 aromatic heterocycles. The van der Waals surface area contributed by atoms with Crippen LogP contribution in [0.2, 0.25) is 0 Å². The van der Waals surface area contributed by atoms with Crippen molar-refractivity contribution in [3.05, 3.63) is 71.1 Å². The van der Waals surface area contributed by atoms with Gasteiger partial charge in [0.25, 0.3) is 5.22 Å². The number of rotatable bonds is 6. The second kappa shape index (κ2) is 7.66. The van der Waals surface area contributed by atoms with Gasteiger partial charge >= 0.3 is 0 Å². The molecule has 3 rings (SSSR count). The summed E-state index contributed by atoms with van der Waals surface area (Å²) >= 11 is 1.46. The fourth-order valence-electron chi connectivity index (χ4n) is 2.16. The maximum absolute atomic E-state index is 8.92. The SMILES string of the molecule is COc1ccc(Cc2nnc(SCc3cccc(C#N)c3)o2)cc1. The average molecular weight is 337 g/mol. The van der Waals surface area contributed by atoms with Crippen molar-refractivity contribution in [1.82, 2.24) is 10.2 Å². The van der Waals surface area contributed by atoms with Crippen molar-refractivity contribution in [3.8, 4) is 11.8 Å². The Hall–Kier alpha value is -2.78. The van der Waals surface area contributed by atoms with Crippen LogP contribution < -0.4 is 4.74 Å². The van der Waals surface area contributed by atoms with Gasteiger partial charge in [0, 0.05) is 5.75 Å². The summed E-state index contributed by atoms with van der Waals surface area (Å²) in [5, 5.41) is 17.6. The van der Waals surface area contributed by atoms with E-state index in [9.17, 15) is 0 Å². The zero-order valence-corrected chi connectivity index (χ0v) is 13.9. The highest BCUT2D eigenvalue weighted by Gasteiger charge is 2.08. The summed E-state index contributed by atoms with van der Waals surface area (Å²) in [6, 6.07) is 17.4. The Labute approximate surface area is 144 Å². The molecule has 6 heteroatoms. The number of aromatic nitrogens is 2. The number of benzene rings is 2. The second-order valence-electron chi connectivity index (χ2n) is 5.09. The Bertz CT molecular complexity index is 853. The Morgan fingerprint density at radius 2 is 1.96 bits per heavy atom. The normalized spacial score (nSPS) is 10.3. The van der Waals surface area contributed by atoms with Gasteiger partial charge in [0.05, 0.1) is 25.2 Å². The number of hydrogen-bond acceptors (Lipinski definition) is 6. The molecular weight excluding hydrogens is 322 g/mol. The van der Waals surface area contributed by atoms with Crippen LogP contribution in [0.3, 0.4) is 0 Å². The molecule has 0 N–H and O–H groups in total. The molecule has 0 unspecified atom stereocenters. The Morgan fingerprint density at radius 1 is 1.12 bits per heavy atom. The lowest BCUT2D eigenvalue weighted by atomic mass is 10.1. The molecular formula is C18H15N3O2S. The molecule has 1 heterocycles. The molecule has 0 saturated heterocycles. The summed E-state index contributed by atoms with van der Waals surface area (Å²) < 4.78 is 10.8. The predicted octanol–water partition coefficient (Wildman–Crippen LogP) is 3.83. The first-order valence-electron chi connectivity index (χ1n) is 7.34. The molecule has 0 aliphatic carbocycles. The molecule has 0 amide bonds. The number of nitriles is 1. The summed E-state index contributed by atoms with van der Waals surface area (Å²) in [5.74, 6) is 2.08. The first kappa shape index (κ1) is 16.1. The van der Waals surface area contributed by atoms with Gasteiger partial charge in [-0.2, -0.15) is 5.26 Å². The maximum atomic E-state index is 8.92. The van der Waals surface area contributed by atoms with Crippen molar-refractivity contribution in [2.24, 2.45) is 0 Å². The summed E-state index contributed by atoms with van der Waals surface area (Å²) in [5.41, 5.74) is 2.78. The van der Waals surface area contributed by atoms with Crippen LogP contribution in [0.25, 0.3) is 0 Å². The van der Waals surface area contributed by atoms with E-state index in [1.54, 1.807) is 13.2 Å². The molecule has 0 atom stereocenters. The van der Waals surface area contributed by atoms with Crippen LogP contribution in [0.5, 0.6) is 5.75 Å². The lowest BCUT2D eigenvalue weighted by molar-refractivity contribution is 0.413. The van der Waals surface area contributed by atoms with Gasteiger partial charge in [-0.15, -0.1) is 10.2 Å². The fourth-order valence-corrected chi connectivity index (χ4v) is 2.89. The molecule has 0 spiro atoms. The van der Waals surface area contributed by atoms with Crippen molar-refractivity contribution in [2.75, 3.05) is 7.11 Å². The molecule has 0 radical (unpaired) electrons. The highest BCUT2D eigenvalue weighted by atomic mass is 32.2. The third-order valence-corrected chi connectivity index (χ3v) is 4.27. The zero-order chi connectivity index (χ0) is 16.8. The highest BCUT2D eigenvalue weighted by Crippen LogP contribution is 2.23. The molecule has 5 nitrogen and oxygen atoms in total. The minimum atomic E-state index is 0.529. The lowest BCUT2D eigenvalue weighted by Crippen LogP contribution is -1.89. The molecule has 120 valence electrons. The minimum absolute atomic E-state index is 0.529. The van der Waals surface area contributed by atoms with Crippen molar-refractivity contribution in [2.45, 2.75) is 17.4 Å². The summed E-state index contributed by atoms with van der Waals surface area (Å²) in [6.45, 7) is 0. The first-order chi connectivity index (χ1) is 11.8. The smallest absolute Gasteiger partial charge is 0.276 e. The van der Waals surface area contributed by atoms with E-state index in [1.807, 2.05) is 42.5 Å². The first-order valence-corrected chi connectivity index (χ1v) is 8.32. The average Bonchev–Trinajstić information content (AvgIpc) is 3.08. The fraction of sp³-hybridized carbons (Fsp3) is 0.167. The van der Waals surface area contributed by atoms with E-state index in [0.29, 0.717) is 28.9 Å². The Balaban J connectivity index is 1.59. The van der Waals surface area contributed by atoms with E-state index in [4.69, 9.17) is 14.4 Å². The van der Waals surface area contributed by atoms with Gasteiger partial charge in [0.1, 0.15) is 5.75 Å². The van der Waals surface area contributed by atoms with Crippen molar-refractivity contribution < 1.29 is 9.15 Å². The van der Waals surface area contributed by atoms with Gasteiger partial charge in [-0.05, 0) is 35.4 Å². The van der Waals surface area contributed by atoms with Crippen LogP contribution in [0.15, 0.2) is 58.2 Å². The number of ether oxygens (including phenoxy) is 1. The van der Waals surface area contributed by atoms with E-state index < -0.39 is 0 Å². The van der Waals surface area contributed by atoms with Crippen LogP contribution in [0, 0.1) is 11.3 Å². The van der Waals surface area contributed by atoms with Crippen LogP contribution >= 0.6 is 11.8 Å². The zero-order valence-electron chi connectivity index (χ0n) is 13.1. The van der Waals surface area contributed by atoms with Crippen LogP contribution in [-0.2, 0) is 12.2 Å². The number of methoxy groups -OCH3 is 1. The van der Waals surface area contributed by atoms with Crippen molar-refractivity contribution in [3.63, 3.8) is 0 Å². The molecule has 24 heavy (non-hydrogen) atoms. The molecule has 0 saturated carbocycles. The van der Waals surface area contributed by atoms with E-state index in [0.717, 1.165) is 16.9 Å². The predicted molar refractivity (Wildman–Crippen MR) is 90.8 cm³/mol. The minimum Gasteiger partial charge on any atom is -0.497 e. The third kappa shape index (κ3) is 4.15. The molecule has 2 aromatic carbocycles. The quantitative estimate of drug-likeness (QED) is 0.637. The number of nitrogens with zero attached hydrogens (tertiary/aromatic N) is 3. The van der Waals surface area contributed by atoms with Crippen molar-refractivity contribution in [1.29, 1.82) is 5.26 Å². The van der Waals surface area contributed by atoms with Gasteiger partial charge in [-0.25, -0.2) is 0 Å².